The van der Waals surface area contributed by atoms with Gasteiger partial charge in [0.25, 0.3) is 0 Å². The molecule has 1 saturated carbocycles. The van der Waals surface area contributed by atoms with Crippen molar-refractivity contribution in [2.75, 3.05) is 7.11 Å². The van der Waals surface area contributed by atoms with E-state index >= 15 is 0 Å². The van der Waals surface area contributed by atoms with Gasteiger partial charge < -0.3 is 25.0 Å². The van der Waals surface area contributed by atoms with E-state index in [0.29, 0.717) is 24.8 Å². The molecular weight excluding hydrogens is 482 g/mol. The molecule has 0 unspecified atom stereocenters. The van der Waals surface area contributed by atoms with Gasteiger partial charge in [-0.05, 0) is 67.4 Å². The maximum absolute atomic E-state index is 14.2. The Hall–Kier alpha value is -2.90. The normalized spacial score (nSPS) is 40.7. The van der Waals surface area contributed by atoms with Crippen LogP contribution in [-0.2, 0) is 20.7 Å². The molecule has 0 radical (unpaired) electrons. The van der Waals surface area contributed by atoms with Gasteiger partial charge in [-0.3, -0.25) is 9.59 Å². The van der Waals surface area contributed by atoms with Gasteiger partial charge in [0.1, 0.15) is 17.3 Å². The molecule has 4 rings (SSSR count). The number of benzene rings is 1. The van der Waals surface area contributed by atoms with Gasteiger partial charge >= 0.3 is 5.97 Å². The van der Waals surface area contributed by atoms with Crippen LogP contribution in [0.25, 0.3) is 0 Å². The molecule has 0 aromatic heterocycles. The Morgan fingerprint density at radius 1 is 1.21 bits per heavy atom. The Labute approximate surface area is 225 Å². The van der Waals surface area contributed by atoms with Gasteiger partial charge in [0.15, 0.2) is 0 Å². The number of rotatable bonds is 4. The van der Waals surface area contributed by atoms with E-state index in [4.69, 9.17) is 9.47 Å². The molecular formula is C31H41NO6. The van der Waals surface area contributed by atoms with E-state index in [2.05, 4.69) is 18.8 Å². The number of aliphatic hydroxyl groups excluding tert-OH is 1. The van der Waals surface area contributed by atoms with Crippen molar-refractivity contribution in [1.82, 2.24) is 5.32 Å². The van der Waals surface area contributed by atoms with E-state index < -0.39 is 35.1 Å². The summed E-state index contributed by atoms with van der Waals surface area (Å²) in [6, 6.07) is 7.44. The molecule has 2 fully saturated rings. The third-order valence-corrected chi connectivity index (χ3v) is 8.74. The third-order valence-electron chi connectivity index (χ3n) is 8.74. The predicted molar refractivity (Wildman–Crippen MR) is 145 cm³/mol. The lowest BCUT2D eigenvalue weighted by Gasteiger charge is -2.52. The van der Waals surface area contributed by atoms with Gasteiger partial charge in [-0.15, -0.1) is 0 Å². The highest BCUT2D eigenvalue weighted by Gasteiger charge is 2.68. The number of ether oxygens (including phenoxy) is 2. The molecule has 1 aliphatic heterocycles. The SMILES string of the molecule is C=C1[C@@H](C)[C@H]2[C@H](Cc3ccc(OC)cc3)NC(=O)[C@]23[C@H](OC(C)=O)/C=C\[C@](C)(O)C[C@@H](C)C/C=C\[C@H]3[C@@H]1O. The van der Waals surface area contributed by atoms with Crippen molar-refractivity contribution >= 4 is 11.9 Å². The summed E-state index contributed by atoms with van der Waals surface area (Å²) in [5.41, 5.74) is -0.758. The zero-order valence-corrected chi connectivity index (χ0v) is 23.0. The van der Waals surface area contributed by atoms with Crippen LogP contribution in [0.2, 0.25) is 0 Å². The highest BCUT2D eigenvalue weighted by Crippen LogP contribution is 2.58. The van der Waals surface area contributed by atoms with Crippen LogP contribution in [0.4, 0.5) is 0 Å². The molecule has 206 valence electrons. The molecule has 1 amide bonds. The Morgan fingerprint density at radius 2 is 1.89 bits per heavy atom. The van der Waals surface area contributed by atoms with Crippen molar-refractivity contribution in [3.05, 3.63) is 66.3 Å². The van der Waals surface area contributed by atoms with Crippen molar-refractivity contribution in [3.8, 4) is 5.75 Å². The van der Waals surface area contributed by atoms with Crippen LogP contribution in [0.1, 0.15) is 46.1 Å². The fraction of sp³-hybridized carbons (Fsp3) is 0.548. The number of carbonyl (C=O) groups is 2. The second-order valence-corrected chi connectivity index (χ2v) is 11.6. The van der Waals surface area contributed by atoms with E-state index in [9.17, 15) is 19.8 Å². The van der Waals surface area contributed by atoms with Crippen molar-refractivity contribution in [2.24, 2.45) is 29.1 Å². The predicted octanol–water partition coefficient (Wildman–Crippen LogP) is 3.75. The monoisotopic (exact) mass is 523 g/mol. The van der Waals surface area contributed by atoms with Crippen LogP contribution in [0.15, 0.2) is 60.7 Å². The molecule has 1 aromatic rings. The van der Waals surface area contributed by atoms with Gasteiger partial charge in [-0.2, -0.15) is 0 Å². The van der Waals surface area contributed by atoms with Crippen LogP contribution in [0.5, 0.6) is 5.75 Å². The maximum atomic E-state index is 14.2. The van der Waals surface area contributed by atoms with Crippen LogP contribution in [0.3, 0.4) is 0 Å². The lowest BCUT2D eigenvalue weighted by Crippen LogP contribution is -2.60. The van der Waals surface area contributed by atoms with Gasteiger partial charge in [0, 0.05) is 24.8 Å². The molecule has 3 aliphatic rings. The Balaban J connectivity index is 1.89. The molecule has 1 saturated heterocycles. The quantitative estimate of drug-likeness (QED) is 0.410. The van der Waals surface area contributed by atoms with Gasteiger partial charge in [-0.1, -0.05) is 50.8 Å². The second-order valence-electron chi connectivity index (χ2n) is 11.6. The van der Waals surface area contributed by atoms with Gasteiger partial charge in [0.05, 0.1) is 18.8 Å². The summed E-state index contributed by atoms with van der Waals surface area (Å²) >= 11 is 0. The molecule has 0 bridgehead atoms. The van der Waals surface area contributed by atoms with Crippen molar-refractivity contribution < 1.29 is 29.3 Å². The van der Waals surface area contributed by atoms with Crippen molar-refractivity contribution in [1.29, 1.82) is 0 Å². The molecule has 9 atom stereocenters. The summed E-state index contributed by atoms with van der Waals surface area (Å²) in [7, 11) is 1.62. The van der Waals surface area contributed by atoms with Crippen LogP contribution >= 0.6 is 0 Å². The van der Waals surface area contributed by atoms with Crippen LogP contribution < -0.4 is 10.1 Å². The summed E-state index contributed by atoms with van der Waals surface area (Å²) in [5.74, 6) is -1.13. The van der Waals surface area contributed by atoms with E-state index in [0.717, 1.165) is 11.3 Å². The first-order chi connectivity index (χ1) is 17.9. The fourth-order valence-electron chi connectivity index (χ4n) is 7.05. The summed E-state index contributed by atoms with van der Waals surface area (Å²) < 4.78 is 11.2. The molecule has 1 aromatic carbocycles. The Morgan fingerprint density at radius 3 is 2.53 bits per heavy atom. The summed E-state index contributed by atoms with van der Waals surface area (Å²) in [5, 5.41) is 25.9. The fourth-order valence-corrected chi connectivity index (χ4v) is 7.05. The molecule has 38 heavy (non-hydrogen) atoms. The molecule has 7 nitrogen and oxygen atoms in total. The number of allylic oxidation sites excluding steroid dienone is 1. The minimum absolute atomic E-state index is 0.158. The first kappa shape index (κ1) is 28.1. The minimum atomic E-state index is -1.29. The number of nitrogens with one attached hydrogen (secondary N) is 1. The van der Waals surface area contributed by atoms with Gasteiger partial charge in [0.2, 0.25) is 5.91 Å². The number of aliphatic hydroxyl groups is 2. The van der Waals surface area contributed by atoms with E-state index in [1.54, 1.807) is 26.2 Å². The standard InChI is InChI=1S/C31H41NO6/c1-18-8-7-9-24-28(34)20(3)19(2)27-25(16-22-10-12-23(37-6)13-11-22)32-29(35)31(24,27)26(38-21(4)33)14-15-30(5,36)17-18/h7,9-15,18-19,24-28,34,36H,3,8,16-17H2,1-2,4-6H3,(H,32,35)/b9-7-,15-14-/t18-,19+,24-,25-,26+,27-,28+,30-,31+/m0/s1. The average molecular weight is 524 g/mol. The van der Waals surface area contributed by atoms with E-state index in [1.807, 2.05) is 43.3 Å². The van der Waals surface area contributed by atoms with Crippen LogP contribution in [-0.4, -0.2) is 53.1 Å². The van der Waals surface area contributed by atoms with Crippen molar-refractivity contribution in [3.63, 3.8) is 0 Å². The number of esters is 1. The zero-order valence-electron chi connectivity index (χ0n) is 23.0. The molecule has 1 heterocycles. The number of amides is 1. The van der Waals surface area contributed by atoms with Gasteiger partial charge in [-0.25, -0.2) is 0 Å². The molecule has 3 N–H and O–H groups in total. The highest BCUT2D eigenvalue weighted by atomic mass is 16.5. The molecule has 7 heteroatoms. The summed E-state index contributed by atoms with van der Waals surface area (Å²) in [6.07, 6.45) is 6.94. The maximum Gasteiger partial charge on any atom is 0.303 e. The topological polar surface area (TPSA) is 105 Å². The molecule has 1 spiro atoms. The zero-order chi connectivity index (χ0) is 27.8. The Kier molecular flexibility index (Phi) is 7.91. The first-order valence-corrected chi connectivity index (χ1v) is 13.5. The number of hydrogen-bond donors (Lipinski definition) is 3. The van der Waals surface area contributed by atoms with E-state index in [-0.39, 0.29) is 29.7 Å². The minimum Gasteiger partial charge on any atom is -0.497 e. The van der Waals surface area contributed by atoms with E-state index in [1.165, 1.54) is 6.92 Å². The second kappa shape index (κ2) is 10.7. The smallest absolute Gasteiger partial charge is 0.303 e. The largest absolute Gasteiger partial charge is 0.497 e. The highest BCUT2D eigenvalue weighted by molar-refractivity contribution is 5.89. The lowest BCUT2D eigenvalue weighted by molar-refractivity contribution is -0.166. The summed E-state index contributed by atoms with van der Waals surface area (Å²) in [4.78, 5) is 26.6. The average Bonchev–Trinajstić information content (AvgIpc) is 3.13. The number of carbonyl (C=O) groups excluding carboxylic acids is 2. The van der Waals surface area contributed by atoms with Crippen LogP contribution in [0, 0.1) is 29.1 Å². The molecule has 2 aliphatic carbocycles. The Bertz CT molecular complexity index is 1120. The number of methoxy groups -OCH3 is 1. The summed E-state index contributed by atoms with van der Waals surface area (Å²) in [6.45, 7) is 11.3. The number of hydrogen-bond acceptors (Lipinski definition) is 6. The van der Waals surface area contributed by atoms with Crippen molar-refractivity contribution in [2.45, 2.75) is 70.8 Å². The lowest BCUT2D eigenvalue weighted by atomic mass is 9.51. The first-order valence-electron chi connectivity index (χ1n) is 13.5. The third kappa shape index (κ3) is 5.06.